The minimum atomic E-state index is -0.103. The van der Waals surface area contributed by atoms with Gasteiger partial charge in [-0.05, 0) is 31.6 Å². The Balaban J connectivity index is 2.01. The average Bonchev–Trinajstić information content (AvgIpc) is 3.04. The zero-order valence-corrected chi connectivity index (χ0v) is 12.4. The predicted molar refractivity (Wildman–Crippen MR) is 76.7 cm³/mol. The summed E-state index contributed by atoms with van der Waals surface area (Å²) in [7, 11) is 0. The van der Waals surface area contributed by atoms with Crippen LogP contribution in [0.4, 0.5) is 0 Å². The fourth-order valence-corrected chi connectivity index (χ4v) is 2.18. The van der Waals surface area contributed by atoms with Gasteiger partial charge in [-0.15, -0.1) is 0 Å². The molecule has 0 aromatic carbocycles. The first-order valence-corrected chi connectivity index (χ1v) is 6.98. The fourth-order valence-electron chi connectivity index (χ4n) is 1.96. The van der Waals surface area contributed by atoms with Crippen molar-refractivity contribution in [3.8, 4) is 0 Å². The molecule has 0 aliphatic heterocycles. The highest BCUT2D eigenvalue weighted by atomic mass is 32.1. The summed E-state index contributed by atoms with van der Waals surface area (Å²) >= 11 is 5.15. The normalized spacial score (nSPS) is 12.3. The zero-order valence-electron chi connectivity index (χ0n) is 11.5. The molecule has 108 valence electrons. The maximum Gasteiger partial charge on any atom is 0.240 e. The molecule has 2 aromatic rings. The summed E-state index contributed by atoms with van der Waals surface area (Å²) < 4.78 is 7.21. The van der Waals surface area contributed by atoms with Crippen LogP contribution in [-0.4, -0.2) is 20.7 Å². The number of carbonyl (C=O) groups is 1. The van der Waals surface area contributed by atoms with Crippen LogP contribution < -0.4 is 5.32 Å². The lowest BCUT2D eigenvalue weighted by Gasteiger charge is -2.13. The molecule has 0 bridgehead atoms. The lowest BCUT2D eigenvalue weighted by Crippen LogP contribution is -2.30. The van der Waals surface area contributed by atoms with Crippen LogP contribution in [0.1, 0.15) is 37.7 Å². The molecule has 0 spiro atoms. The lowest BCUT2D eigenvalue weighted by molar-refractivity contribution is -0.122. The highest BCUT2D eigenvalue weighted by Crippen LogP contribution is 2.12. The van der Waals surface area contributed by atoms with Crippen LogP contribution in [0.25, 0.3) is 0 Å². The average molecular weight is 294 g/mol. The summed E-state index contributed by atoms with van der Waals surface area (Å²) in [5.41, 5.74) is 0.933. The Morgan fingerprint density at radius 2 is 2.45 bits per heavy atom. The third-order valence-corrected chi connectivity index (χ3v) is 3.35. The van der Waals surface area contributed by atoms with E-state index in [9.17, 15) is 4.79 Å². The summed E-state index contributed by atoms with van der Waals surface area (Å²) in [5, 5.41) is 9.78. The minimum absolute atomic E-state index is 0.100. The van der Waals surface area contributed by atoms with Crippen molar-refractivity contribution in [1.82, 2.24) is 20.1 Å². The number of nitrogens with one attached hydrogen (secondary N) is 2. The van der Waals surface area contributed by atoms with E-state index >= 15 is 0 Å². The van der Waals surface area contributed by atoms with Gasteiger partial charge in [-0.3, -0.25) is 14.5 Å². The van der Waals surface area contributed by atoms with Gasteiger partial charge >= 0.3 is 0 Å². The van der Waals surface area contributed by atoms with E-state index in [0.29, 0.717) is 4.77 Å². The van der Waals surface area contributed by atoms with Crippen molar-refractivity contribution in [2.75, 3.05) is 0 Å². The largest absolute Gasteiger partial charge is 0.472 e. The van der Waals surface area contributed by atoms with Crippen molar-refractivity contribution in [3.63, 3.8) is 0 Å². The van der Waals surface area contributed by atoms with Gasteiger partial charge in [0.15, 0.2) is 4.77 Å². The molecule has 0 aliphatic carbocycles. The highest BCUT2D eigenvalue weighted by molar-refractivity contribution is 7.71. The Labute approximate surface area is 122 Å². The molecule has 1 amide bonds. The molecule has 0 saturated carbocycles. The van der Waals surface area contributed by atoms with Crippen LogP contribution in [0.3, 0.4) is 0 Å². The summed E-state index contributed by atoms with van der Waals surface area (Å²) in [5.74, 6) is 0.706. The van der Waals surface area contributed by atoms with Crippen molar-refractivity contribution in [2.45, 2.75) is 39.3 Å². The smallest absolute Gasteiger partial charge is 0.240 e. The van der Waals surface area contributed by atoms with Gasteiger partial charge in [0, 0.05) is 12.0 Å². The first-order chi connectivity index (χ1) is 9.61. The molecule has 1 atom stereocenters. The quantitative estimate of drug-likeness (QED) is 0.802. The van der Waals surface area contributed by atoms with E-state index in [-0.39, 0.29) is 18.5 Å². The van der Waals surface area contributed by atoms with Gasteiger partial charge in [0.25, 0.3) is 0 Å². The molecular formula is C13H18N4O2S. The van der Waals surface area contributed by atoms with E-state index in [2.05, 4.69) is 22.4 Å². The number of furan rings is 1. The minimum Gasteiger partial charge on any atom is -0.472 e. The Morgan fingerprint density at radius 3 is 3.10 bits per heavy atom. The molecule has 0 unspecified atom stereocenters. The number of hydrogen-bond donors (Lipinski definition) is 2. The number of amides is 1. The number of hydrogen-bond acceptors (Lipinski definition) is 4. The maximum atomic E-state index is 12.1. The molecule has 2 heterocycles. The van der Waals surface area contributed by atoms with E-state index in [0.717, 1.165) is 24.2 Å². The number of nitrogens with zero attached hydrogens (tertiary/aromatic N) is 2. The third-order valence-electron chi connectivity index (χ3n) is 3.03. The van der Waals surface area contributed by atoms with Gasteiger partial charge < -0.3 is 9.73 Å². The molecule has 6 nitrogen and oxygen atoms in total. The van der Waals surface area contributed by atoms with Crippen LogP contribution >= 0.6 is 12.2 Å². The number of aryl methyl sites for hydroxylation is 1. The molecule has 20 heavy (non-hydrogen) atoms. The summed E-state index contributed by atoms with van der Waals surface area (Å²) in [4.78, 5) is 12.1. The van der Waals surface area contributed by atoms with Crippen molar-refractivity contribution in [1.29, 1.82) is 0 Å². The highest BCUT2D eigenvalue weighted by Gasteiger charge is 2.13. The molecule has 0 aliphatic rings. The number of rotatable bonds is 6. The van der Waals surface area contributed by atoms with Crippen molar-refractivity contribution in [2.24, 2.45) is 0 Å². The summed E-state index contributed by atoms with van der Waals surface area (Å²) in [6, 6.07) is 1.73. The van der Waals surface area contributed by atoms with Crippen molar-refractivity contribution in [3.05, 3.63) is 34.8 Å². The monoisotopic (exact) mass is 294 g/mol. The molecule has 7 heteroatoms. The SMILES string of the molecule is CCCc1n[nH]c(=S)n1CC(=O)N[C@@H](C)c1ccoc1. The van der Waals surface area contributed by atoms with Crippen LogP contribution in [0, 0.1) is 4.77 Å². The molecule has 0 radical (unpaired) electrons. The molecular weight excluding hydrogens is 276 g/mol. The van der Waals surface area contributed by atoms with Gasteiger partial charge in [-0.2, -0.15) is 5.10 Å². The van der Waals surface area contributed by atoms with Crippen LogP contribution in [0.2, 0.25) is 0 Å². The van der Waals surface area contributed by atoms with E-state index < -0.39 is 0 Å². The number of H-pyrrole nitrogens is 1. The van der Waals surface area contributed by atoms with E-state index in [1.165, 1.54) is 0 Å². The second-order valence-corrected chi connectivity index (χ2v) is 5.01. The zero-order chi connectivity index (χ0) is 14.5. The topological polar surface area (TPSA) is 75.8 Å². The molecule has 0 saturated heterocycles. The first-order valence-electron chi connectivity index (χ1n) is 6.57. The first kappa shape index (κ1) is 14.5. The van der Waals surface area contributed by atoms with Crippen LogP contribution in [0.15, 0.2) is 23.0 Å². The van der Waals surface area contributed by atoms with Crippen molar-refractivity contribution < 1.29 is 9.21 Å². The number of aromatic amines is 1. The Bertz CT molecular complexity index is 615. The fraction of sp³-hybridized carbons (Fsp3) is 0.462. The molecule has 2 aromatic heterocycles. The molecule has 0 fully saturated rings. The third kappa shape index (κ3) is 3.36. The predicted octanol–water partition coefficient (Wildman–Crippen LogP) is 2.36. The maximum absolute atomic E-state index is 12.1. The van der Waals surface area contributed by atoms with Gasteiger partial charge in [0.05, 0.1) is 18.6 Å². The van der Waals surface area contributed by atoms with E-state index in [1.807, 2.05) is 13.0 Å². The van der Waals surface area contributed by atoms with Gasteiger partial charge in [0.1, 0.15) is 12.4 Å². The Kier molecular flexibility index (Phi) is 4.73. The van der Waals surface area contributed by atoms with Crippen LogP contribution in [0.5, 0.6) is 0 Å². The Morgan fingerprint density at radius 1 is 1.65 bits per heavy atom. The van der Waals surface area contributed by atoms with Crippen molar-refractivity contribution >= 4 is 18.1 Å². The van der Waals surface area contributed by atoms with Gasteiger partial charge in [-0.25, -0.2) is 0 Å². The van der Waals surface area contributed by atoms with E-state index in [4.69, 9.17) is 16.6 Å². The number of aromatic nitrogens is 3. The Hall–Kier alpha value is -1.89. The second kappa shape index (κ2) is 6.51. The van der Waals surface area contributed by atoms with Gasteiger partial charge in [0.2, 0.25) is 5.91 Å². The van der Waals surface area contributed by atoms with Crippen LogP contribution in [-0.2, 0) is 17.8 Å². The van der Waals surface area contributed by atoms with E-state index in [1.54, 1.807) is 17.1 Å². The van der Waals surface area contributed by atoms with Gasteiger partial charge in [-0.1, -0.05) is 6.92 Å². The summed E-state index contributed by atoms with van der Waals surface area (Å²) in [6.07, 6.45) is 4.95. The number of carbonyl (C=O) groups excluding carboxylic acids is 1. The lowest BCUT2D eigenvalue weighted by atomic mass is 10.2. The summed E-state index contributed by atoms with van der Waals surface area (Å²) in [6.45, 7) is 4.14. The second-order valence-electron chi connectivity index (χ2n) is 4.63. The standard InChI is InChI=1S/C13H18N4O2S/c1-3-4-11-15-16-13(20)17(11)7-12(18)14-9(2)10-5-6-19-8-10/h5-6,8-9H,3-4,7H2,1-2H3,(H,14,18)(H,16,20)/t9-/m0/s1. The molecule has 2 N–H and O–H groups in total. The molecule has 2 rings (SSSR count).